The largest absolute Gasteiger partial charge is 0.493 e. The Morgan fingerprint density at radius 3 is 2.65 bits per heavy atom. The zero-order valence-electron chi connectivity index (χ0n) is 22.2. The maximum Gasteiger partial charge on any atom is 0.339 e. The van der Waals surface area contributed by atoms with Crippen molar-refractivity contribution in [3.63, 3.8) is 0 Å². The van der Waals surface area contributed by atoms with Crippen molar-refractivity contribution in [3.8, 4) is 16.9 Å². The number of fused-ring (bicyclic) bond motifs is 1. The molecule has 1 atom stereocenters. The molecule has 0 saturated heterocycles. The second-order valence-corrected chi connectivity index (χ2v) is 10.5. The van der Waals surface area contributed by atoms with E-state index in [-0.39, 0.29) is 12.4 Å². The molecule has 5 nitrogen and oxygen atoms in total. The van der Waals surface area contributed by atoms with Crippen LogP contribution < -0.4 is 4.74 Å². The molecule has 0 saturated carbocycles. The average Bonchev–Trinajstić information content (AvgIpc) is 2.85. The van der Waals surface area contributed by atoms with Gasteiger partial charge in [0.1, 0.15) is 11.6 Å². The molecule has 6 heteroatoms. The molecule has 0 aliphatic carbocycles. The fraction of sp³-hybridized carbons (Fsp3) is 0.355. The van der Waals surface area contributed by atoms with Crippen LogP contribution in [0.3, 0.4) is 0 Å². The minimum absolute atomic E-state index is 0.187. The molecular formula is C31H32FNO4. The standard InChI is InChI=1S/C31H32FNO4/c1-7-35-30(34)29(37-31(4,5)6)24-18(3)27(32)22-16-17(2)8-9-20(22)26(24)21-10-11-23-25-19(13-15-36-23)12-14-33-28(21)25/h8-12,14,16,29H,7,13,15H2,1-6H3/t29-/m0/s1. The summed E-state index contributed by atoms with van der Waals surface area (Å²) in [4.78, 5) is 18.1. The molecule has 1 aliphatic heterocycles. The summed E-state index contributed by atoms with van der Waals surface area (Å²) in [5.74, 6) is -0.142. The maximum atomic E-state index is 16.0. The molecule has 2 heterocycles. The first kappa shape index (κ1) is 25.2. The quantitative estimate of drug-likeness (QED) is 0.272. The van der Waals surface area contributed by atoms with Crippen molar-refractivity contribution in [2.75, 3.05) is 13.2 Å². The van der Waals surface area contributed by atoms with Crippen molar-refractivity contribution in [3.05, 3.63) is 70.7 Å². The number of carbonyl (C=O) groups is 1. The minimum Gasteiger partial charge on any atom is -0.493 e. The SMILES string of the molecule is CCOC(=O)[C@@H](OC(C)(C)C)c1c(C)c(F)c2cc(C)ccc2c1-c1ccc2c3c(ccnc13)CCO2. The lowest BCUT2D eigenvalue weighted by atomic mass is 9.84. The molecule has 3 aromatic carbocycles. The number of ether oxygens (including phenoxy) is 3. The molecule has 0 fully saturated rings. The van der Waals surface area contributed by atoms with E-state index in [1.807, 2.05) is 64.1 Å². The van der Waals surface area contributed by atoms with E-state index in [1.165, 1.54) is 0 Å². The van der Waals surface area contributed by atoms with Crippen molar-refractivity contribution in [2.24, 2.45) is 0 Å². The Bertz CT molecular complexity index is 1530. The van der Waals surface area contributed by atoms with E-state index >= 15 is 4.39 Å². The van der Waals surface area contributed by atoms with E-state index in [0.717, 1.165) is 45.3 Å². The number of esters is 1. The van der Waals surface area contributed by atoms with Crippen molar-refractivity contribution >= 4 is 27.6 Å². The summed E-state index contributed by atoms with van der Waals surface area (Å²) in [5.41, 5.74) is 4.49. The van der Waals surface area contributed by atoms with Crippen molar-refractivity contribution < 1.29 is 23.4 Å². The highest BCUT2D eigenvalue weighted by atomic mass is 19.1. The van der Waals surface area contributed by atoms with Crippen LogP contribution in [-0.2, 0) is 20.7 Å². The van der Waals surface area contributed by atoms with Gasteiger partial charge in [0.15, 0.2) is 6.10 Å². The first-order chi connectivity index (χ1) is 17.6. The highest BCUT2D eigenvalue weighted by Gasteiger charge is 2.35. The number of hydrogen-bond donors (Lipinski definition) is 0. The molecule has 0 N–H and O–H groups in total. The fourth-order valence-corrected chi connectivity index (χ4v) is 5.23. The van der Waals surface area contributed by atoms with E-state index < -0.39 is 17.7 Å². The van der Waals surface area contributed by atoms with Gasteiger partial charge in [0.2, 0.25) is 0 Å². The third-order valence-electron chi connectivity index (χ3n) is 6.76. The van der Waals surface area contributed by atoms with Crippen LogP contribution in [0, 0.1) is 19.7 Å². The van der Waals surface area contributed by atoms with Gasteiger partial charge in [-0.2, -0.15) is 0 Å². The summed E-state index contributed by atoms with van der Waals surface area (Å²) < 4.78 is 33.8. The number of nitrogens with zero attached hydrogens (tertiary/aromatic N) is 1. The van der Waals surface area contributed by atoms with E-state index in [2.05, 4.69) is 0 Å². The lowest BCUT2D eigenvalue weighted by molar-refractivity contribution is -0.166. The number of carbonyl (C=O) groups excluding carboxylic acids is 1. The highest BCUT2D eigenvalue weighted by molar-refractivity contribution is 6.09. The van der Waals surface area contributed by atoms with Gasteiger partial charge in [0.25, 0.3) is 0 Å². The monoisotopic (exact) mass is 501 g/mol. The van der Waals surface area contributed by atoms with E-state index in [9.17, 15) is 4.79 Å². The molecule has 1 aromatic heterocycles. The number of aromatic nitrogens is 1. The van der Waals surface area contributed by atoms with Crippen LogP contribution in [0.15, 0.2) is 42.6 Å². The lowest BCUT2D eigenvalue weighted by Crippen LogP contribution is -2.30. The summed E-state index contributed by atoms with van der Waals surface area (Å²) in [6.45, 7) is 11.8. The first-order valence-electron chi connectivity index (χ1n) is 12.7. The van der Waals surface area contributed by atoms with Gasteiger partial charge in [-0.05, 0) is 87.9 Å². The molecule has 5 rings (SSSR count). The van der Waals surface area contributed by atoms with Crippen LogP contribution in [0.1, 0.15) is 56.1 Å². The zero-order valence-corrected chi connectivity index (χ0v) is 22.2. The smallest absolute Gasteiger partial charge is 0.339 e. The lowest BCUT2D eigenvalue weighted by Gasteiger charge is -2.30. The van der Waals surface area contributed by atoms with Crippen LogP contribution in [0.25, 0.3) is 32.8 Å². The highest BCUT2D eigenvalue weighted by Crippen LogP contribution is 2.46. The number of halogens is 1. The Morgan fingerprint density at radius 1 is 1.14 bits per heavy atom. The third kappa shape index (κ3) is 4.44. The second-order valence-electron chi connectivity index (χ2n) is 10.5. The van der Waals surface area contributed by atoms with Crippen LogP contribution >= 0.6 is 0 Å². The first-order valence-corrected chi connectivity index (χ1v) is 12.7. The van der Waals surface area contributed by atoms with Gasteiger partial charge in [-0.15, -0.1) is 0 Å². The third-order valence-corrected chi connectivity index (χ3v) is 6.76. The van der Waals surface area contributed by atoms with Gasteiger partial charge in [-0.25, -0.2) is 9.18 Å². The number of aryl methyl sites for hydroxylation is 1. The number of rotatable bonds is 5. The Hall–Kier alpha value is -3.51. The van der Waals surface area contributed by atoms with Crippen LogP contribution in [-0.4, -0.2) is 29.8 Å². The minimum atomic E-state index is -1.13. The Labute approximate surface area is 216 Å². The van der Waals surface area contributed by atoms with E-state index in [1.54, 1.807) is 20.0 Å². The molecule has 0 radical (unpaired) electrons. The predicted octanol–water partition coefficient (Wildman–Crippen LogP) is 7.17. The van der Waals surface area contributed by atoms with Gasteiger partial charge in [-0.3, -0.25) is 4.98 Å². The average molecular weight is 502 g/mol. The van der Waals surface area contributed by atoms with Gasteiger partial charge in [-0.1, -0.05) is 17.7 Å². The van der Waals surface area contributed by atoms with Gasteiger partial charge < -0.3 is 14.2 Å². The van der Waals surface area contributed by atoms with Crippen molar-refractivity contribution in [1.82, 2.24) is 4.98 Å². The normalized spacial score (nSPS) is 14.0. The second kappa shape index (κ2) is 9.42. The number of hydrogen-bond acceptors (Lipinski definition) is 5. The summed E-state index contributed by atoms with van der Waals surface area (Å²) >= 11 is 0. The van der Waals surface area contributed by atoms with Crippen LogP contribution in [0.5, 0.6) is 5.75 Å². The Morgan fingerprint density at radius 2 is 1.92 bits per heavy atom. The topological polar surface area (TPSA) is 57.7 Å². The number of benzene rings is 3. The molecule has 0 bridgehead atoms. The summed E-state index contributed by atoms with van der Waals surface area (Å²) in [5, 5.41) is 2.13. The van der Waals surface area contributed by atoms with E-state index in [4.69, 9.17) is 19.2 Å². The molecule has 4 aromatic rings. The zero-order chi connectivity index (χ0) is 26.5. The molecule has 0 unspecified atom stereocenters. The molecule has 37 heavy (non-hydrogen) atoms. The van der Waals surface area contributed by atoms with Crippen molar-refractivity contribution in [2.45, 2.75) is 59.7 Å². The molecular weight excluding hydrogens is 469 g/mol. The van der Waals surface area contributed by atoms with Crippen molar-refractivity contribution in [1.29, 1.82) is 0 Å². The molecule has 1 aliphatic rings. The fourth-order valence-electron chi connectivity index (χ4n) is 5.23. The van der Waals surface area contributed by atoms with Crippen LogP contribution in [0.2, 0.25) is 0 Å². The summed E-state index contributed by atoms with van der Waals surface area (Å²) in [7, 11) is 0. The van der Waals surface area contributed by atoms with Gasteiger partial charge in [0, 0.05) is 34.5 Å². The summed E-state index contributed by atoms with van der Waals surface area (Å²) in [6.07, 6.45) is 1.45. The van der Waals surface area contributed by atoms with Gasteiger partial charge >= 0.3 is 5.97 Å². The maximum absolute atomic E-state index is 16.0. The van der Waals surface area contributed by atoms with Crippen LogP contribution in [0.4, 0.5) is 4.39 Å². The summed E-state index contributed by atoms with van der Waals surface area (Å²) in [6, 6.07) is 11.6. The molecule has 0 amide bonds. The Balaban J connectivity index is 1.93. The van der Waals surface area contributed by atoms with E-state index in [0.29, 0.717) is 28.5 Å². The molecule has 192 valence electrons. The Kier molecular flexibility index (Phi) is 6.40. The van der Waals surface area contributed by atoms with Gasteiger partial charge in [0.05, 0.1) is 24.3 Å². The molecule has 0 spiro atoms. The number of pyridine rings is 1. The predicted molar refractivity (Wildman–Crippen MR) is 144 cm³/mol.